The monoisotopic (exact) mass is 300 g/mol. The zero-order chi connectivity index (χ0) is 16.5. The highest BCUT2D eigenvalue weighted by molar-refractivity contribution is 5.80. The van der Waals surface area contributed by atoms with Crippen LogP contribution < -0.4 is 5.32 Å². The van der Waals surface area contributed by atoms with Crippen molar-refractivity contribution in [2.75, 3.05) is 27.2 Å². The first-order valence-electron chi connectivity index (χ1n) is 8.30. The van der Waals surface area contributed by atoms with E-state index in [1.807, 2.05) is 6.92 Å². The molecule has 21 heavy (non-hydrogen) atoms. The predicted molar refractivity (Wildman–Crippen MR) is 89.5 cm³/mol. The predicted octanol–water partition coefficient (Wildman–Crippen LogP) is 3.06. The molecule has 0 aromatic heterocycles. The Labute approximate surface area is 131 Å². The highest BCUT2D eigenvalue weighted by atomic mass is 16.5. The molecule has 0 heterocycles. The van der Waals surface area contributed by atoms with Crippen LogP contribution >= 0.6 is 0 Å². The average molecular weight is 300 g/mol. The summed E-state index contributed by atoms with van der Waals surface area (Å²) >= 11 is 0. The van der Waals surface area contributed by atoms with Crippen LogP contribution in [0.2, 0.25) is 0 Å². The van der Waals surface area contributed by atoms with E-state index in [-0.39, 0.29) is 5.97 Å². The van der Waals surface area contributed by atoms with Gasteiger partial charge < -0.3 is 15.0 Å². The molecule has 0 aliphatic heterocycles. The molecule has 126 valence electrons. The second-order valence-corrected chi connectivity index (χ2v) is 6.81. The normalized spacial score (nSPS) is 16.0. The van der Waals surface area contributed by atoms with Gasteiger partial charge in [0.1, 0.15) is 5.54 Å². The summed E-state index contributed by atoms with van der Waals surface area (Å²) in [5.74, 6) is 0.558. The number of nitrogens with zero attached hydrogens (tertiary/aromatic N) is 1. The van der Waals surface area contributed by atoms with Gasteiger partial charge in [-0.05, 0) is 65.6 Å². The number of esters is 1. The van der Waals surface area contributed by atoms with E-state index in [0.29, 0.717) is 12.0 Å². The van der Waals surface area contributed by atoms with Gasteiger partial charge in [0.2, 0.25) is 0 Å². The van der Waals surface area contributed by atoms with Crippen LogP contribution in [0.5, 0.6) is 0 Å². The lowest BCUT2D eigenvalue weighted by Gasteiger charge is -2.30. The van der Waals surface area contributed by atoms with Gasteiger partial charge in [0.25, 0.3) is 0 Å². The van der Waals surface area contributed by atoms with Gasteiger partial charge >= 0.3 is 5.97 Å². The molecule has 0 aliphatic rings. The Bertz CT molecular complexity index is 295. The van der Waals surface area contributed by atoms with Crippen LogP contribution in [0.3, 0.4) is 0 Å². The van der Waals surface area contributed by atoms with E-state index in [0.717, 1.165) is 32.4 Å². The minimum atomic E-state index is -0.563. The first kappa shape index (κ1) is 20.4. The summed E-state index contributed by atoms with van der Waals surface area (Å²) in [5.41, 5.74) is -0.563. The molecule has 2 atom stereocenters. The third kappa shape index (κ3) is 7.82. The van der Waals surface area contributed by atoms with E-state index in [9.17, 15) is 4.79 Å². The largest absolute Gasteiger partial charge is 0.468 e. The molecular formula is C17H36N2O2. The summed E-state index contributed by atoms with van der Waals surface area (Å²) in [6.07, 6.45) is 4.01. The first-order chi connectivity index (χ1) is 9.76. The summed E-state index contributed by atoms with van der Waals surface area (Å²) < 4.78 is 4.95. The number of hydrogen-bond donors (Lipinski definition) is 1. The summed E-state index contributed by atoms with van der Waals surface area (Å²) in [6, 6.07) is 0.581. The Hall–Kier alpha value is -0.610. The van der Waals surface area contributed by atoms with Gasteiger partial charge in [-0.2, -0.15) is 0 Å². The number of nitrogens with one attached hydrogen (secondary N) is 1. The Balaban J connectivity index is 4.33. The lowest BCUT2D eigenvalue weighted by atomic mass is 9.95. The van der Waals surface area contributed by atoms with Crippen molar-refractivity contribution < 1.29 is 9.53 Å². The fourth-order valence-electron chi connectivity index (χ4n) is 2.65. The van der Waals surface area contributed by atoms with Gasteiger partial charge in [-0.25, -0.2) is 0 Å². The van der Waals surface area contributed by atoms with E-state index in [4.69, 9.17) is 4.74 Å². The van der Waals surface area contributed by atoms with Crippen molar-refractivity contribution in [2.24, 2.45) is 5.92 Å². The summed E-state index contributed by atoms with van der Waals surface area (Å²) in [6.45, 7) is 12.7. The lowest BCUT2D eigenvalue weighted by molar-refractivity contribution is -0.148. The molecule has 0 radical (unpaired) electrons. The standard InChI is InChI=1S/C17H36N2O2/c1-8-11-18-17(5,16(20)21-7)10-9-12-19(6)15(4)13-14(2)3/h14-15,18H,8-13H2,1-7H3. The number of carbonyl (C=O) groups is 1. The fourth-order valence-corrected chi connectivity index (χ4v) is 2.65. The maximum Gasteiger partial charge on any atom is 0.325 e. The zero-order valence-electron chi connectivity index (χ0n) is 15.2. The van der Waals surface area contributed by atoms with Crippen molar-refractivity contribution >= 4 is 5.97 Å². The van der Waals surface area contributed by atoms with E-state index in [1.54, 1.807) is 0 Å². The van der Waals surface area contributed by atoms with Crippen LogP contribution in [-0.4, -0.2) is 49.7 Å². The number of rotatable bonds is 11. The summed E-state index contributed by atoms with van der Waals surface area (Å²) in [5, 5.41) is 3.34. The van der Waals surface area contributed by atoms with E-state index in [2.05, 4.69) is 45.0 Å². The molecule has 4 heteroatoms. The van der Waals surface area contributed by atoms with Crippen molar-refractivity contribution in [3.63, 3.8) is 0 Å². The second kappa shape index (κ2) is 10.2. The lowest BCUT2D eigenvalue weighted by Crippen LogP contribution is -2.50. The molecule has 1 N–H and O–H groups in total. The topological polar surface area (TPSA) is 41.6 Å². The summed E-state index contributed by atoms with van der Waals surface area (Å²) in [7, 11) is 3.63. The number of carbonyl (C=O) groups excluding carboxylic acids is 1. The molecule has 0 bridgehead atoms. The molecule has 0 aromatic carbocycles. The van der Waals surface area contributed by atoms with Crippen LogP contribution in [0.15, 0.2) is 0 Å². The maximum absolute atomic E-state index is 12.0. The smallest absolute Gasteiger partial charge is 0.325 e. The van der Waals surface area contributed by atoms with Gasteiger partial charge in [0.05, 0.1) is 7.11 Å². The third-order valence-electron chi connectivity index (χ3n) is 4.15. The van der Waals surface area contributed by atoms with Crippen molar-refractivity contribution in [1.82, 2.24) is 10.2 Å². The van der Waals surface area contributed by atoms with Crippen LogP contribution in [0.4, 0.5) is 0 Å². The zero-order valence-corrected chi connectivity index (χ0v) is 15.2. The van der Waals surface area contributed by atoms with Crippen molar-refractivity contribution in [3.8, 4) is 0 Å². The average Bonchev–Trinajstić information content (AvgIpc) is 2.43. The minimum Gasteiger partial charge on any atom is -0.468 e. The van der Waals surface area contributed by atoms with Gasteiger partial charge in [0, 0.05) is 6.04 Å². The van der Waals surface area contributed by atoms with E-state index in [1.165, 1.54) is 13.5 Å². The van der Waals surface area contributed by atoms with Crippen LogP contribution in [0, 0.1) is 5.92 Å². The molecule has 0 saturated carbocycles. The third-order valence-corrected chi connectivity index (χ3v) is 4.15. The quantitative estimate of drug-likeness (QED) is 0.595. The Morgan fingerprint density at radius 3 is 2.43 bits per heavy atom. The SMILES string of the molecule is CCCNC(C)(CCCN(C)C(C)CC(C)C)C(=O)OC. The highest BCUT2D eigenvalue weighted by Crippen LogP contribution is 2.16. The van der Waals surface area contributed by atoms with Crippen LogP contribution in [0.1, 0.15) is 60.3 Å². The maximum atomic E-state index is 12.0. The van der Waals surface area contributed by atoms with Gasteiger partial charge in [0.15, 0.2) is 0 Å². The second-order valence-electron chi connectivity index (χ2n) is 6.81. The van der Waals surface area contributed by atoms with E-state index >= 15 is 0 Å². The molecule has 0 fully saturated rings. The van der Waals surface area contributed by atoms with Crippen LogP contribution in [0.25, 0.3) is 0 Å². The number of ether oxygens (including phenoxy) is 1. The van der Waals surface area contributed by atoms with Crippen molar-refractivity contribution in [2.45, 2.75) is 71.9 Å². The fraction of sp³-hybridized carbons (Fsp3) is 0.941. The number of hydrogen-bond acceptors (Lipinski definition) is 4. The molecule has 0 aliphatic carbocycles. The molecule has 0 rings (SSSR count). The molecule has 4 nitrogen and oxygen atoms in total. The number of methoxy groups -OCH3 is 1. The Morgan fingerprint density at radius 2 is 1.95 bits per heavy atom. The van der Waals surface area contributed by atoms with Gasteiger partial charge in [-0.15, -0.1) is 0 Å². The molecule has 0 amide bonds. The minimum absolute atomic E-state index is 0.158. The molecule has 2 unspecified atom stereocenters. The molecule has 0 saturated heterocycles. The molecule has 0 aromatic rings. The van der Waals surface area contributed by atoms with Crippen molar-refractivity contribution in [3.05, 3.63) is 0 Å². The Morgan fingerprint density at radius 1 is 1.33 bits per heavy atom. The first-order valence-corrected chi connectivity index (χ1v) is 8.30. The van der Waals surface area contributed by atoms with E-state index < -0.39 is 5.54 Å². The highest BCUT2D eigenvalue weighted by Gasteiger charge is 2.33. The van der Waals surface area contributed by atoms with Crippen LogP contribution in [-0.2, 0) is 9.53 Å². The van der Waals surface area contributed by atoms with Gasteiger partial charge in [-0.3, -0.25) is 4.79 Å². The molecule has 0 spiro atoms. The Kier molecular flexibility index (Phi) is 9.88. The summed E-state index contributed by atoms with van der Waals surface area (Å²) in [4.78, 5) is 14.4. The molecular weight excluding hydrogens is 264 g/mol. The van der Waals surface area contributed by atoms with Gasteiger partial charge in [-0.1, -0.05) is 20.8 Å². The van der Waals surface area contributed by atoms with Crippen molar-refractivity contribution in [1.29, 1.82) is 0 Å².